The number of ether oxygens (including phenoxy) is 1. The number of aryl methyl sites for hydroxylation is 1. The summed E-state index contributed by atoms with van der Waals surface area (Å²) < 4.78 is 46.3. The SMILES string of the molecule is CCCc1cc2c(N3CCn4c(nnc4C(F)(F)F)C3)nc(OCCC(=O)NNC)nc2s1. The molecule has 10 nitrogen and oxygen atoms in total. The van der Waals surface area contributed by atoms with Gasteiger partial charge in [-0.2, -0.15) is 23.1 Å². The summed E-state index contributed by atoms with van der Waals surface area (Å²) in [6.07, 6.45) is -2.61. The maximum Gasteiger partial charge on any atom is 0.451 e. The van der Waals surface area contributed by atoms with Gasteiger partial charge in [-0.05, 0) is 12.5 Å². The van der Waals surface area contributed by atoms with Gasteiger partial charge in [0.1, 0.15) is 17.3 Å². The number of hydrogen-bond acceptors (Lipinski definition) is 9. The molecule has 0 fully saturated rings. The smallest absolute Gasteiger partial charge is 0.451 e. The van der Waals surface area contributed by atoms with Crippen molar-refractivity contribution in [2.75, 3.05) is 25.1 Å². The molecule has 3 aromatic rings. The van der Waals surface area contributed by atoms with Crippen LogP contribution in [0, 0.1) is 0 Å². The fourth-order valence-corrected chi connectivity index (χ4v) is 4.71. The fourth-order valence-electron chi connectivity index (χ4n) is 3.60. The number of carbonyl (C=O) groups excluding carboxylic acids is 1. The van der Waals surface area contributed by atoms with E-state index in [9.17, 15) is 18.0 Å². The number of fused-ring (bicyclic) bond motifs is 2. The van der Waals surface area contributed by atoms with Crippen LogP contribution in [0.1, 0.15) is 36.3 Å². The third kappa shape index (κ3) is 5.00. The molecule has 14 heteroatoms. The van der Waals surface area contributed by atoms with E-state index in [-0.39, 0.29) is 43.9 Å². The van der Waals surface area contributed by atoms with Crippen LogP contribution in [0.5, 0.6) is 6.01 Å². The second kappa shape index (κ2) is 9.47. The molecule has 0 radical (unpaired) electrons. The van der Waals surface area contributed by atoms with E-state index in [0.29, 0.717) is 12.4 Å². The third-order valence-corrected chi connectivity index (χ3v) is 6.12. The lowest BCUT2D eigenvalue weighted by molar-refractivity contribution is -0.147. The summed E-state index contributed by atoms with van der Waals surface area (Å²) in [5.41, 5.74) is 5.00. The van der Waals surface area contributed by atoms with Gasteiger partial charge in [-0.3, -0.25) is 10.2 Å². The average molecular weight is 485 g/mol. The Balaban J connectivity index is 1.62. The Morgan fingerprint density at radius 2 is 2.09 bits per heavy atom. The molecule has 178 valence electrons. The van der Waals surface area contributed by atoms with Gasteiger partial charge < -0.3 is 14.2 Å². The van der Waals surface area contributed by atoms with Crippen LogP contribution in [0.2, 0.25) is 0 Å². The normalized spacial score (nSPS) is 13.9. The zero-order valence-electron chi connectivity index (χ0n) is 18.1. The van der Waals surface area contributed by atoms with E-state index in [0.717, 1.165) is 32.5 Å². The first-order valence-electron chi connectivity index (χ1n) is 10.4. The van der Waals surface area contributed by atoms with Crippen LogP contribution in [0.3, 0.4) is 0 Å². The Bertz CT molecular complexity index is 1150. The van der Waals surface area contributed by atoms with E-state index >= 15 is 0 Å². The summed E-state index contributed by atoms with van der Waals surface area (Å²) in [5, 5.41) is 7.90. The number of halogens is 3. The van der Waals surface area contributed by atoms with Gasteiger partial charge in [0.15, 0.2) is 5.82 Å². The summed E-state index contributed by atoms with van der Waals surface area (Å²) in [6, 6.07) is 2.13. The molecule has 1 aliphatic rings. The first kappa shape index (κ1) is 23.2. The molecule has 0 unspecified atom stereocenters. The third-order valence-electron chi connectivity index (χ3n) is 5.03. The first-order chi connectivity index (χ1) is 15.8. The molecule has 1 aliphatic heterocycles. The molecule has 0 atom stereocenters. The van der Waals surface area contributed by atoms with Crippen molar-refractivity contribution >= 4 is 33.3 Å². The summed E-state index contributed by atoms with van der Waals surface area (Å²) >= 11 is 1.53. The van der Waals surface area contributed by atoms with Crippen molar-refractivity contribution in [1.29, 1.82) is 0 Å². The second-order valence-corrected chi connectivity index (χ2v) is 8.53. The lowest BCUT2D eigenvalue weighted by Crippen LogP contribution is -2.36. The van der Waals surface area contributed by atoms with Gasteiger partial charge in [0, 0.05) is 25.0 Å². The highest BCUT2D eigenvalue weighted by molar-refractivity contribution is 7.18. The van der Waals surface area contributed by atoms with Gasteiger partial charge >= 0.3 is 12.2 Å². The average Bonchev–Trinajstić information content (AvgIpc) is 3.36. The monoisotopic (exact) mass is 484 g/mol. The van der Waals surface area contributed by atoms with Gasteiger partial charge in [0.2, 0.25) is 11.7 Å². The largest absolute Gasteiger partial charge is 0.463 e. The molecule has 0 aromatic carbocycles. The number of thiophene rings is 1. The number of carbonyl (C=O) groups is 1. The van der Waals surface area contributed by atoms with E-state index in [4.69, 9.17) is 4.74 Å². The standard InChI is InChI=1S/C19H23F3N8O2S/c1-3-4-11-9-12-15(24-18(25-16(12)33-11)32-8-5-14(31)27-23-2)29-6-7-30-13(10-29)26-28-17(30)19(20,21)22/h9,23H,3-8,10H2,1-2H3,(H,27,31). The fraction of sp³-hybridized carbons (Fsp3) is 0.526. The van der Waals surface area contributed by atoms with Gasteiger partial charge in [-0.15, -0.1) is 21.5 Å². The molecule has 0 saturated carbocycles. The van der Waals surface area contributed by atoms with Crippen molar-refractivity contribution in [3.05, 3.63) is 22.6 Å². The molecule has 33 heavy (non-hydrogen) atoms. The molecule has 4 rings (SSSR count). The van der Waals surface area contributed by atoms with Crippen LogP contribution in [0.15, 0.2) is 6.07 Å². The summed E-state index contributed by atoms with van der Waals surface area (Å²) in [7, 11) is 1.59. The molecule has 0 aliphatic carbocycles. The van der Waals surface area contributed by atoms with E-state index in [1.807, 2.05) is 11.0 Å². The predicted molar refractivity (Wildman–Crippen MR) is 115 cm³/mol. The Hall–Kier alpha value is -3.00. The van der Waals surface area contributed by atoms with E-state index in [2.05, 4.69) is 37.9 Å². The van der Waals surface area contributed by atoms with Crippen molar-refractivity contribution in [2.24, 2.45) is 0 Å². The molecular formula is C19H23F3N8O2S. The Morgan fingerprint density at radius 1 is 1.27 bits per heavy atom. The van der Waals surface area contributed by atoms with Crippen LogP contribution >= 0.6 is 11.3 Å². The molecule has 2 N–H and O–H groups in total. The van der Waals surface area contributed by atoms with Gasteiger partial charge in [-0.1, -0.05) is 13.3 Å². The Labute approximate surface area is 191 Å². The van der Waals surface area contributed by atoms with E-state index in [1.54, 1.807) is 7.05 Å². The quantitative estimate of drug-likeness (QED) is 0.469. The van der Waals surface area contributed by atoms with Crippen LogP contribution < -0.4 is 20.5 Å². The zero-order chi connectivity index (χ0) is 23.6. The van der Waals surface area contributed by atoms with Crippen LogP contribution in [0.25, 0.3) is 10.2 Å². The van der Waals surface area contributed by atoms with E-state index in [1.165, 1.54) is 11.3 Å². The number of alkyl halides is 3. The Morgan fingerprint density at radius 3 is 2.82 bits per heavy atom. The maximum atomic E-state index is 13.2. The lowest BCUT2D eigenvalue weighted by atomic mass is 10.2. The van der Waals surface area contributed by atoms with Gasteiger partial charge in [0.25, 0.3) is 0 Å². The van der Waals surface area contributed by atoms with Crippen molar-refractivity contribution in [3.8, 4) is 6.01 Å². The number of rotatable bonds is 8. The van der Waals surface area contributed by atoms with Crippen LogP contribution in [0.4, 0.5) is 19.0 Å². The molecular weight excluding hydrogens is 461 g/mol. The molecule has 0 bridgehead atoms. The number of nitrogens with one attached hydrogen (secondary N) is 2. The minimum atomic E-state index is -4.56. The first-order valence-corrected chi connectivity index (χ1v) is 11.2. The second-order valence-electron chi connectivity index (χ2n) is 7.42. The Kier molecular flexibility index (Phi) is 6.65. The summed E-state index contributed by atoms with van der Waals surface area (Å²) in [6.45, 7) is 2.66. The summed E-state index contributed by atoms with van der Waals surface area (Å²) in [5.74, 6) is -0.447. The molecule has 1 amide bonds. The number of hydrazine groups is 1. The van der Waals surface area contributed by atoms with Crippen molar-refractivity contribution in [3.63, 3.8) is 0 Å². The molecule has 0 spiro atoms. The highest BCUT2D eigenvalue weighted by Gasteiger charge is 2.39. The van der Waals surface area contributed by atoms with Crippen LogP contribution in [-0.2, 0) is 30.5 Å². The van der Waals surface area contributed by atoms with Crippen LogP contribution in [-0.4, -0.2) is 50.8 Å². The minimum absolute atomic E-state index is 0.0783. The lowest BCUT2D eigenvalue weighted by Gasteiger charge is -2.29. The predicted octanol–water partition coefficient (Wildman–Crippen LogP) is 2.29. The minimum Gasteiger partial charge on any atom is -0.463 e. The van der Waals surface area contributed by atoms with E-state index < -0.39 is 12.0 Å². The maximum absolute atomic E-state index is 13.2. The van der Waals surface area contributed by atoms with Crippen molar-refractivity contribution in [2.45, 2.75) is 45.5 Å². The topological polar surface area (TPSA) is 110 Å². The number of anilines is 1. The highest BCUT2D eigenvalue weighted by Crippen LogP contribution is 2.35. The summed E-state index contributed by atoms with van der Waals surface area (Å²) in [4.78, 5) is 24.4. The van der Waals surface area contributed by atoms with Gasteiger partial charge in [0.05, 0.1) is 18.4 Å². The number of amides is 1. The highest BCUT2D eigenvalue weighted by atomic mass is 32.1. The molecule has 3 aromatic heterocycles. The number of hydrogen-bond donors (Lipinski definition) is 2. The number of nitrogens with zero attached hydrogens (tertiary/aromatic N) is 6. The molecule has 4 heterocycles. The zero-order valence-corrected chi connectivity index (χ0v) is 18.9. The number of aromatic nitrogens is 5. The molecule has 0 saturated heterocycles. The van der Waals surface area contributed by atoms with Crippen molar-refractivity contribution < 1.29 is 22.7 Å². The van der Waals surface area contributed by atoms with Gasteiger partial charge in [-0.25, -0.2) is 5.43 Å². The van der Waals surface area contributed by atoms with Crippen molar-refractivity contribution in [1.82, 2.24) is 35.6 Å².